The molecule has 4 heteroatoms. The molecule has 4 nitrogen and oxygen atoms in total. The molecule has 2 aromatic carbocycles. The van der Waals surface area contributed by atoms with Gasteiger partial charge in [-0.1, -0.05) is 17.7 Å². The molecule has 0 aliphatic rings. The van der Waals surface area contributed by atoms with Gasteiger partial charge in [0.15, 0.2) is 0 Å². The van der Waals surface area contributed by atoms with Crippen molar-refractivity contribution in [3.05, 3.63) is 35.4 Å². The molecule has 3 N–H and O–H groups in total. The summed E-state index contributed by atoms with van der Waals surface area (Å²) in [7, 11) is 0. The maximum Gasteiger partial charge on any atom is 0.339 e. The van der Waals surface area contributed by atoms with Crippen LogP contribution in [0.4, 0.5) is 0 Å². The molecule has 0 bridgehead atoms. The van der Waals surface area contributed by atoms with Crippen LogP contribution in [0.3, 0.4) is 0 Å². The highest BCUT2D eigenvalue weighted by Crippen LogP contribution is 2.35. The lowest BCUT2D eigenvalue weighted by Crippen LogP contribution is -1.97. The first kappa shape index (κ1) is 10.3. The van der Waals surface area contributed by atoms with Crippen molar-refractivity contribution in [3.63, 3.8) is 0 Å². The van der Waals surface area contributed by atoms with Gasteiger partial charge in [-0.25, -0.2) is 4.79 Å². The van der Waals surface area contributed by atoms with Crippen LogP contribution in [0.15, 0.2) is 24.3 Å². The van der Waals surface area contributed by atoms with E-state index in [1.807, 2.05) is 6.92 Å². The molecule has 0 aliphatic carbocycles. The number of aromatic hydroxyl groups is 2. The van der Waals surface area contributed by atoms with Crippen LogP contribution < -0.4 is 0 Å². The molecule has 0 saturated heterocycles. The van der Waals surface area contributed by atoms with E-state index < -0.39 is 5.97 Å². The number of hydrogen-bond donors (Lipinski definition) is 3. The van der Waals surface area contributed by atoms with Crippen LogP contribution in [0.25, 0.3) is 10.8 Å². The fourth-order valence-electron chi connectivity index (χ4n) is 1.67. The van der Waals surface area contributed by atoms with Gasteiger partial charge in [-0.3, -0.25) is 0 Å². The number of aromatic carboxylic acids is 1. The summed E-state index contributed by atoms with van der Waals surface area (Å²) in [5.74, 6) is -1.73. The van der Waals surface area contributed by atoms with Gasteiger partial charge in [-0.2, -0.15) is 0 Å². The summed E-state index contributed by atoms with van der Waals surface area (Å²) in [5.41, 5.74) is 0.624. The van der Waals surface area contributed by atoms with Crippen molar-refractivity contribution in [2.24, 2.45) is 0 Å². The molecule has 0 amide bonds. The Morgan fingerprint density at radius 1 is 1.12 bits per heavy atom. The molecule has 82 valence electrons. The summed E-state index contributed by atoms with van der Waals surface area (Å²) >= 11 is 0. The van der Waals surface area contributed by atoms with Crippen LogP contribution in [-0.4, -0.2) is 21.3 Å². The summed E-state index contributed by atoms with van der Waals surface area (Å²) in [4.78, 5) is 10.8. The average molecular weight is 218 g/mol. The van der Waals surface area contributed by atoms with Crippen LogP contribution in [0.5, 0.6) is 11.5 Å². The minimum absolute atomic E-state index is 0.145. The van der Waals surface area contributed by atoms with Crippen molar-refractivity contribution in [3.8, 4) is 11.5 Å². The first-order valence-electron chi connectivity index (χ1n) is 4.69. The zero-order chi connectivity index (χ0) is 11.9. The Hall–Kier alpha value is -2.23. The predicted octanol–water partition coefficient (Wildman–Crippen LogP) is 2.26. The van der Waals surface area contributed by atoms with E-state index in [-0.39, 0.29) is 17.1 Å². The first-order valence-corrected chi connectivity index (χ1v) is 4.69. The van der Waals surface area contributed by atoms with Gasteiger partial charge in [-0.05, 0) is 19.1 Å². The van der Waals surface area contributed by atoms with Crippen molar-refractivity contribution in [2.45, 2.75) is 6.92 Å². The van der Waals surface area contributed by atoms with Crippen molar-refractivity contribution in [1.29, 1.82) is 0 Å². The Morgan fingerprint density at radius 3 is 2.44 bits per heavy atom. The Bertz CT molecular complexity index is 587. The summed E-state index contributed by atoms with van der Waals surface area (Å²) in [6, 6.07) is 6.08. The number of carbonyl (C=O) groups is 1. The number of phenolic OH excluding ortho intramolecular Hbond substituents is 1. The normalized spacial score (nSPS) is 10.6. The molecule has 0 aliphatic heterocycles. The molecule has 2 aromatic rings. The molecule has 0 heterocycles. The molecular weight excluding hydrogens is 208 g/mol. The van der Waals surface area contributed by atoms with Crippen LogP contribution in [0.2, 0.25) is 0 Å². The first-order chi connectivity index (χ1) is 7.50. The standard InChI is InChI=1S/C12H10O4/c1-6-2-3-7-8(4-6)10(13)5-9(11(7)14)12(15)16/h2-5,13-14H,1H3,(H,15,16). The molecule has 0 fully saturated rings. The third kappa shape index (κ3) is 1.44. The van der Waals surface area contributed by atoms with Crippen molar-refractivity contribution >= 4 is 16.7 Å². The summed E-state index contributed by atoms with van der Waals surface area (Å²) in [5, 5.41) is 29.0. The average Bonchev–Trinajstić information content (AvgIpc) is 2.22. The molecule has 0 radical (unpaired) electrons. The van der Waals surface area contributed by atoms with Crippen LogP contribution in [0, 0.1) is 6.92 Å². The fourth-order valence-corrected chi connectivity index (χ4v) is 1.67. The largest absolute Gasteiger partial charge is 0.507 e. The highest BCUT2D eigenvalue weighted by molar-refractivity contribution is 6.03. The van der Waals surface area contributed by atoms with Gasteiger partial charge in [0, 0.05) is 10.8 Å². The fraction of sp³-hybridized carbons (Fsp3) is 0.0833. The smallest absolute Gasteiger partial charge is 0.339 e. The van der Waals surface area contributed by atoms with Crippen LogP contribution in [0.1, 0.15) is 15.9 Å². The highest BCUT2D eigenvalue weighted by Gasteiger charge is 2.15. The highest BCUT2D eigenvalue weighted by atomic mass is 16.4. The minimum Gasteiger partial charge on any atom is -0.507 e. The van der Waals surface area contributed by atoms with E-state index in [0.717, 1.165) is 11.6 Å². The third-order valence-corrected chi connectivity index (χ3v) is 2.47. The van der Waals surface area contributed by atoms with Gasteiger partial charge in [0.2, 0.25) is 0 Å². The minimum atomic E-state index is -1.27. The second kappa shape index (κ2) is 3.41. The molecule has 0 aromatic heterocycles. The van der Waals surface area contributed by atoms with Gasteiger partial charge in [0.25, 0.3) is 0 Å². The number of fused-ring (bicyclic) bond motifs is 1. The third-order valence-electron chi connectivity index (χ3n) is 2.47. The molecule has 16 heavy (non-hydrogen) atoms. The second-order valence-corrected chi connectivity index (χ2v) is 3.65. The number of phenols is 2. The molecular formula is C12H10O4. The van der Waals surface area contributed by atoms with E-state index >= 15 is 0 Å². The van der Waals surface area contributed by atoms with Crippen molar-refractivity contribution < 1.29 is 20.1 Å². The lowest BCUT2D eigenvalue weighted by Gasteiger charge is -2.07. The van der Waals surface area contributed by atoms with Gasteiger partial charge in [-0.15, -0.1) is 0 Å². The van der Waals surface area contributed by atoms with Gasteiger partial charge >= 0.3 is 5.97 Å². The Kier molecular flexibility index (Phi) is 2.20. The van der Waals surface area contributed by atoms with Crippen LogP contribution in [-0.2, 0) is 0 Å². The number of aryl methyl sites for hydroxylation is 1. The topological polar surface area (TPSA) is 77.8 Å². The molecule has 0 saturated carbocycles. The van der Waals surface area contributed by atoms with Gasteiger partial charge in [0.1, 0.15) is 17.1 Å². The number of carboxylic acids is 1. The maximum atomic E-state index is 10.8. The number of hydrogen-bond acceptors (Lipinski definition) is 3. The number of rotatable bonds is 1. The maximum absolute atomic E-state index is 10.8. The van der Waals surface area contributed by atoms with Crippen molar-refractivity contribution in [2.75, 3.05) is 0 Å². The van der Waals surface area contributed by atoms with Gasteiger partial charge < -0.3 is 15.3 Å². The number of carboxylic acid groups (broad SMARTS) is 1. The predicted molar refractivity (Wildman–Crippen MR) is 59.0 cm³/mol. The molecule has 0 spiro atoms. The van der Waals surface area contributed by atoms with E-state index in [0.29, 0.717) is 10.8 Å². The molecule has 0 unspecified atom stereocenters. The summed E-state index contributed by atoms with van der Waals surface area (Å²) in [6.07, 6.45) is 0. The van der Waals surface area contributed by atoms with Crippen molar-refractivity contribution in [1.82, 2.24) is 0 Å². The van der Waals surface area contributed by atoms with Gasteiger partial charge in [0.05, 0.1) is 0 Å². The molecule has 0 atom stereocenters. The van der Waals surface area contributed by atoms with E-state index in [1.165, 1.54) is 0 Å². The quantitative estimate of drug-likeness (QED) is 0.641. The van der Waals surface area contributed by atoms with E-state index in [2.05, 4.69) is 0 Å². The lowest BCUT2D eigenvalue weighted by molar-refractivity contribution is 0.0693. The SMILES string of the molecule is Cc1ccc2c(O)c(C(=O)O)cc(O)c2c1. The summed E-state index contributed by atoms with van der Waals surface area (Å²) < 4.78 is 0. The van der Waals surface area contributed by atoms with Crippen LogP contribution >= 0.6 is 0 Å². The lowest BCUT2D eigenvalue weighted by atomic mass is 10.0. The van der Waals surface area contributed by atoms with E-state index in [9.17, 15) is 15.0 Å². The number of benzene rings is 2. The van der Waals surface area contributed by atoms with E-state index in [1.54, 1.807) is 18.2 Å². The zero-order valence-electron chi connectivity index (χ0n) is 8.56. The Labute approximate surface area is 91.4 Å². The zero-order valence-corrected chi connectivity index (χ0v) is 8.56. The molecule has 2 rings (SSSR count). The monoisotopic (exact) mass is 218 g/mol. The summed E-state index contributed by atoms with van der Waals surface area (Å²) in [6.45, 7) is 1.85. The van der Waals surface area contributed by atoms with E-state index in [4.69, 9.17) is 5.11 Å². The Morgan fingerprint density at radius 2 is 1.81 bits per heavy atom. The second-order valence-electron chi connectivity index (χ2n) is 3.65. The Balaban J connectivity index is 2.90.